The van der Waals surface area contributed by atoms with E-state index in [1.165, 1.54) is 27.4 Å². The summed E-state index contributed by atoms with van der Waals surface area (Å²) < 4.78 is 0. The number of rotatable bonds is 8. The molecule has 0 saturated carbocycles. The average Bonchev–Trinajstić information content (AvgIpc) is 2.87. The molecule has 0 radical (unpaired) electrons. The molecule has 168 valence electrons. The number of benzene rings is 4. The van der Waals surface area contributed by atoms with Crippen LogP contribution in [0.25, 0.3) is 0 Å². The van der Waals surface area contributed by atoms with E-state index in [2.05, 4.69) is 127 Å². The Labute approximate surface area is 211 Å². The molecule has 0 aliphatic rings. The summed E-state index contributed by atoms with van der Waals surface area (Å²) in [7, 11) is 8.85. The molecule has 32 heavy (non-hydrogen) atoms. The SMILES string of the molecule is [Cl][Pd][Cl].c1ccc(P([CH-]CCP(c2ccccc2)c2ccccc2)c2ccccc2)cc1. The smallest absolute Gasteiger partial charge is 0.0196 e. The van der Waals surface area contributed by atoms with Crippen LogP contribution in [0.15, 0.2) is 121 Å². The summed E-state index contributed by atoms with van der Waals surface area (Å²) in [6.45, 7) is 0. The van der Waals surface area contributed by atoms with Crippen molar-refractivity contribution >= 4 is 56.1 Å². The molecule has 0 bridgehead atoms. The Bertz CT molecular complexity index is 841. The minimum Gasteiger partial charge on any atom is -0.293 e. The molecule has 0 aromatic heterocycles. The molecule has 0 N–H and O–H groups in total. The second kappa shape index (κ2) is 15.0. The first-order valence-electron chi connectivity index (χ1n) is 10.3. The second-order valence-corrected chi connectivity index (χ2v) is 13.7. The summed E-state index contributed by atoms with van der Waals surface area (Å²) in [4.78, 5) is 0. The zero-order valence-corrected chi connectivity index (χ0v) is 22.4. The fraction of sp³-hybridized carbons (Fsp3) is 0.0741. The van der Waals surface area contributed by atoms with Crippen LogP contribution >= 0.6 is 34.9 Å². The number of halogens is 2. The van der Waals surface area contributed by atoms with Crippen LogP contribution in [-0.2, 0) is 15.9 Å². The van der Waals surface area contributed by atoms with E-state index in [9.17, 15) is 0 Å². The molecular formula is C27H25Cl2P2Pd-. The molecule has 5 heteroatoms. The standard InChI is InChI=1S/C27H25P2.2ClH.Pd/c1-5-14-24(15-6-1)28(25-16-7-2-8-17-25)22-13-23-29(26-18-9-3-10-19-26)27-20-11-4-12-21-27;;;/h1-12,14-22H,13,23H2;2*1H;/q-1;;;+2/p-2. The zero-order chi connectivity index (χ0) is 22.4. The Kier molecular flexibility index (Phi) is 12.0. The van der Waals surface area contributed by atoms with Gasteiger partial charge < -0.3 is 0 Å². The molecular weight excluding hydrogens is 564 g/mol. The Morgan fingerprint density at radius 3 is 1.19 bits per heavy atom. The average molecular weight is 589 g/mol. The van der Waals surface area contributed by atoms with Gasteiger partial charge >= 0.3 is 35.0 Å². The molecule has 0 heterocycles. The normalized spacial score (nSPS) is 10.8. The molecule has 0 amide bonds. The van der Waals surface area contributed by atoms with Gasteiger partial charge in [-0.25, -0.2) is 7.92 Å². The summed E-state index contributed by atoms with van der Waals surface area (Å²) in [6, 6.07) is 43.9. The topological polar surface area (TPSA) is 0 Å². The maximum Gasteiger partial charge on any atom is -0.0196 e. The van der Waals surface area contributed by atoms with Gasteiger partial charge in [-0.05, 0) is 18.5 Å². The molecule has 0 nitrogen and oxygen atoms in total. The van der Waals surface area contributed by atoms with Gasteiger partial charge in [0.15, 0.2) is 0 Å². The predicted molar refractivity (Wildman–Crippen MR) is 144 cm³/mol. The fourth-order valence-electron chi connectivity index (χ4n) is 3.48. The quantitative estimate of drug-likeness (QED) is 0.116. The van der Waals surface area contributed by atoms with Gasteiger partial charge in [0, 0.05) is 0 Å². The van der Waals surface area contributed by atoms with Gasteiger partial charge in [-0.2, -0.15) is 6.42 Å². The van der Waals surface area contributed by atoms with Crippen molar-refractivity contribution in [3.8, 4) is 0 Å². The van der Waals surface area contributed by atoms with Crippen molar-refractivity contribution in [1.82, 2.24) is 0 Å². The molecule has 0 aliphatic carbocycles. The molecule has 4 aromatic rings. The van der Waals surface area contributed by atoms with Crippen LogP contribution in [0, 0.1) is 6.16 Å². The van der Waals surface area contributed by atoms with Crippen molar-refractivity contribution in [3.63, 3.8) is 0 Å². The van der Waals surface area contributed by atoms with Crippen molar-refractivity contribution in [2.24, 2.45) is 0 Å². The summed E-state index contributed by atoms with van der Waals surface area (Å²) in [5, 5.41) is 5.78. The van der Waals surface area contributed by atoms with Gasteiger partial charge in [-0.15, -0.1) is 0 Å². The third-order valence-corrected chi connectivity index (χ3v) is 9.75. The molecule has 4 rings (SSSR count). The molecule has 0 saturated heterocycles. The summed E-state index contributed by atoms with van der Waals surface area (Å²) in [6.07, 6.45) is 4.87. The van der Waals surface area contributed by atoms with E-state index in [-0.39, 0.29) is 23.9 Å². The third kappa shape index (κ3) is 8.08. The van der Waals surface area contributed by atoms with Crippen LogP contribution in [0.4, 0.5) is 0 Å². The van der Waals surface area contributed by atoms with Gasteiger partial charge in [0.25, 0.3) is 0 Å². The molecule has 0 atom stereocenters. The number of hydrogen-bond acceptors (Lipinski definition) is 0. The largest absolute Gasteiger partial charge is 0.293 e. The van der Waals surface area contributed by atoms with Gasteiger partial charge in [0.1, 0.15) is 0 Å². The van der Waals surface area contributed by atoms with E-state index in [1.807, 2.05) is 0 Å². The molecule has 0 aliphatic heterocycles. The Hall–Kier alpha value is -1.02. The van der Waals surface area contributed by atoms with Gasteiger partial charge in [-0.3, -0.25) is 6.16 Å². The maximum atomic E-state index is 4.81. The maximum absolute atomic E-state index is 4.81. The predicted octanol–water partition coefficient (Wildman–Crippen LogP) is 7.18. The Morgan fingerprint density at radius 1 is 0.531 bits per heavy atom. The van der Waals surface area contributed by atoms with Crippen LogP contribution in [0.2, 0.25) is 0 Å². The van der Waals surface area contributed by atoms with Gasteiger partial charge in [-0.1, -0.05) is 138 Å². The first-order chi connectivity index (χ1) is 15.8. The van der Waals surface area contributed by atoms with Crippen LogP contribution < -0.4 is 21.2 Å². The Balaban J connectivity index is 0.000000913. The van der Waals surface area contributed by atoms with E-state index in [1.54, 1.807) is 0 Å². The first-order valence-corrected chi connectivity index (χ1v) is 17.2. The fourth-order valence-corrected chi connectivity index (χ4v) is 8.04. The van der Waals surface area contributed by atoms with E-state index in [0.29, 0.717) is 0 Å². The number of hydrogen-bond donors (Lipinski definition) is 0. The van der Waals surface area contributed by atoms with Crippen LogP contribution in [0.5, 0.6) is 0 Å². The molecule has 0 unspecified atom stereocenters. The minimum absolute atomic E-state index is 0.106. The third-order valence-electron chi connectivity index (χ3n) is 4.87. The van der Waals surface area contributed by atoms with E-state index in [0.717, 1.165) is 6.42 Å². The van der Waals surface area contributed by atoms with Crippen LogP contribution in [-0.4, -0.2) is 6.16 Å². The Morgan fingerprint density at radius 2 is 0.844 bits per heavy atom. The zero-order valence-electron chi connectivity index (χ0n) is 17.5. The van der Waals surface area contributed by atoms with Crippen molar-refractivity contribution < 1.29 is 15.9 Å². The molecule has 0 spiro atoms. The van der Waals surface area contributed by atoms with E-state index >= 15 is 0 Å². The monoisotopic (exact) mass is 587 g/mol. The van der Waals surface area contributed by atoms with Gasteiger partial charge in [0.2, 0.25) is 0 Å². The van der Waals surface area contributed by atoms with Crippen molar-refractivity contribution in [3.05, 3.63) is 127 Å². The minimum atomic E-state index is -0.434. The van der Waals surface area contributed by atoms with Crippen LogP contribution in [0.1, 0.15) is 6.42 Å². The van der Waals surface area contributed by atoms with Crippen LogP contribution in [0.3, 0.4) is 0 Å². The van der Waals surface area contributed by atoms with Crippen molar-refractivity contribution in [1.29, 1.82) is 0 Å². The van der Waals surface area contributed by atoms with Crippen molar-refractivity contribution in [2.75, 3.05) is 6.16 Å². The second-order valence-electron chi connectivity index (χ2n) is 6.88. The van der Waals surface area contributed by atoms with E-state index < -0.39 is 7.92 Å². The molecule has 0 fully saturated rings. The van der Waals surface area contributed by atoms with Crippen molar-refractivity contribution in [2.45, 2.75) is 6.42 Å². The summed E-state index contributed by atoms with van der Waals surface area (Å²) in [5.41, 5.74) is 0. The first kappa shape index (κ1) is 25.6. The molecule has 4 aromatic carbocycles. The summed E-state index contributed by atoms with van der Waals surface area (Å²) >= 11 is -0.106. The van der Waals surface area contributed by atoms with Gasteiger partial charge in [0.05, 0.1) is 0 Å². The summed E-state index contributed by atoms with van der Waals surface area (Å²) in [5.74, 6) is 0. The van der Waals surface area contributed by atoms with E-state index in [4.69, 9.17) is 19.1 Å².